The molecule has 3 aromatic heterocycles. The number of hydrogen-bond donors (Lipinski definition) is 4. The molecule has 0 aliphatic carbocycles. The van der Waals surface area contributed by atoms with Crippen molar-refractivity contribution in [1.82, 2.24) is 19.9 Å². The first-order chi connectivity index (χ1) is 26.8. The Kier molecular flexibility index (Phi) is 9.28. The molecule has 288 valence electrons. The molecule has 8 rings (SSSR count). The van der Waals surface area contributed by atoms with E-state index in [1.54, 1.807) is 30.3 Å². The van der Waals surface area contributed by atoms with Crippen LogP contribution in [0.1, 0.15) is 47.6 Å². The molecule has 3 aromatic carbocycles. The van der Waals surface area contributed by atoms with Gasteiger partial charge in [0.2, 0.25) is 0 Å². The van der Waals surface area contributed by atoms with Gasteiger partial charge in [0.15, 0.2) is 5.82 Å². The van der Waals surface area contributed by atoms with Crippen molar-refractivity contribution in [2.24, 2.45) is 0 Å². The van der Waals surface area contributed by atoms with Gasteiger partial charge in [-0.3, -0.25) is 4.90 Å². The molecule has 17 heteroatoms. The van der Waals surface area contributed by atoms with Crippen LogP contribution < -0.4 is 21.5 Å². The van der Waals surface area contributed by atoms with Crippen molar-refractivity contribution in [2.75, 3.05) is 36.5 Å². The van der Waals surface area contributed by atoms with Gasteiger partial charge >= 0.3 is 12.2 Å². The molecule has 2 aliphatic rings. The second kappa shape index (κ2) is 14.0. The number of halogens is 6. The third-order valence-corrected chi connectivity index (χ3v) is 11.6. The third kappa shape index (κ3) is 6.32. The smallest absolute Gasteiger partial charge is 0.420 e. The number of alkyl halides is 4. The number of nitrogens with one attached hydrogen (secondary N) is 1. The molecule has 0 radical (unpaired) electrons. The van der Waals surface area contributed by atoms with Gasteiger partial charge in [-0.2, -0.15) is 28.4 Å². The Morgan fingerprint density at radius 3 is 2.61 bits per heavy atom. The van der Waals surface area contributed by atoms with Crippen molar-refractivity contribution in [1.29, 1.82) is 5.26 Å². The van der Waals surface area contributed by atoms with E-state index in [9.17, 15) is 14.8 Å². The number of phenols is 1. The molecule has 0 unspecified atom stereocenters. The van der Waals surface area contributed by atoms with Crippen LogP contribution in [-0.2, 0) is 12.6 Å². The summed E-state index contributed by atoms with van der Waals surface area (Å²) in [6.07, 6.45) is -3.31. The lowest BCUT2D eigenvalue weighted by molar-refractivity contribution is -0.138. The summed E-state index contributed by atoms with van der Waals surface area (Å²) in [4.78, 5) is 14.8. The van der Waals surface area contributed by atoms with E-state index in [0.717, 1.165) is 24.1 Å². The van der Waals surface area contributed by atoms with Gasteiger partial charge in [-0.1, -0.05) is 42.5 Å². The minimum atomic E-state index is -5.41. The van der Waals surface area contributed by atoms with E-state index in [4.69, 9.17) is 16.2 Å². The van der Waals surface area contributed by atoms with Crippen LogP contribution in [0.2, 0.25) is 0 Å². The number of thiophene rings is 1. The Hall–Kier alpha value is -5.86. The molecule has 6 N–H and O–H groups in total. The quantitative estimate of drug-likeness (QED) is 0.105. The Morgan fingerprint density at radius 2 is 1.88 bits per heavy atom. The maximum atomic E-state index is 17.4. The van der Waals surface area contributed by atoms with Gasteiger partial charge in [0.1, 0.15) is 58.1 Å². The highest BCUT2D eigenvalue weighted by Gasteiger charge is 2.49. The van der Waals surface area contributed by atoms with Crippen LogP contribution in [0.25, 0.3) is 32.1 Å². The number of fused-ring (bicyclic) bond motifs is 3. The summed E-state index contributed by atoms with van der Waals surface area (Å²) in [5.41, 5.74) is 8.08. The van der Waals surface area contributed by atoms with E-state index in [1.807, 2.05) is 23.1 Å². The fourth-order valence-corrected chi connectivity index (χ4v) is 9.08. The Labute approximate surface area is 319 Å². The van der Waals surface area contributed by atoms with Crippen molar-refractivity contribution in [2.45, 2.75) is 49.6 Å². The van der Waals surface area contributed by atoms with Crippen molar-refractivity contribution in [3.63, 3.8) is 0 Å². The molecule has 0 bridgehead atoms. The largest absolute Gasteiger partial charge is 0.506 e. The van der Waals surface area contributed by atoms with Gasteiger partial charge < -0.3 is 26.6 Å². The second-order valence-corrected chi connectivity index (χ2v) is 15.0. The Morgan fingerprint density at radius 1 is 1.09 bits per heavy atom. The van der Waals surface area contributed by atoms with Crippen LogP contribution in [-0.4, -0.2) is 56.4 Å². The third-order valence-electron chi connectivity index (χ3n) is 10.6. The molecular weight excluding hydrogens is 759 g/mol. The van der Waals surface area contributed by atoms with Crippen LogP contribution in [0, 0.1) is 23.0 Å². The van der Waals surface area contributed by atoms with E-state index < -0.39 is 80.7 Å². The highest BCUT2D eigenvalue weighted by Crippen LogP contribution is 2.52. The summed E-state index contributed by atoms with van der Waals surface area (Å²) < 4.78 is 98.7. The number of nitrogens with two attached hydrogens (primary N) is 2. The van der Waals surface area contributed by atoms with Crippen molar-refractivity contribution in [3.8, 4) is 29.0 Å². The average molecular weight is 791 g/mol. The molecule has 2 fully saturated rings. The predicted molar refractivity (Wildman–Crippen MR) is 200 cm³/mol. The minimum Gasteiger partial charge on any atom is -0.506 e. The lowest BCUT2D eigenvalue weighted by atomic mass is 9.91. The lowest BCUT2D eigenvalue weighted by Gasteiger charge is -2.31. The van der Waals surface area contributed by atoms with Crippen molar-refractivity contribution in [3.05, 3.63) is 94.7 Å². The molecule has 56 heavy (non-hydrogen) atoms. The molecule has 10 nitrogen and oxygen atoms in total. The number of anilines is 3. The lowest BCUT2D eigenvalue weighted by Crippen LogP contribution is -2.43. The maximum absolute atomic E-state index is 17.4. The number of nitriles is 1. The Bertz CT molecular complexity index is 2550. The van der Waals surface area contributed by atoms with Gasteiger partial charge in [0.25, 0.3) is 0 Å². The monoisotopic (exact) mass is 790 g/mol. The SMILES string of the molecule is N#Cc1c(N)sc2c(F)ccc(-c3c(C(F)(F)F)c(O)c4c(N[C@H](Cc5ccccc5)c5cccnc5N)nc(OC[C@@]56CCCN5C[C@H](F)C6)nc4c3F)c12. The molecule has 6 aromatic rings. The number of ether oxygens (including phenoxy) is 1. The van der Waals surface area contributed by atoms with Crippen molar-refractivity contribution < 1.29 is 36.2 Å². The highest BCUT2D eigenvalue weighted by molar-refractivity contribution is 7.23. The van der Waals surface area contributed by atoms with Gasteiger partial charge in [0, 0.05) is 35.7 Å². The number of benzene rings is 3. The zero-order valence-electron chi connectivity index (χ0n) is 29.3. The summed E-state index contributed by atoms with van der Waals surface area (Å²) in [5.74, 6) is -4.23. The number of pyridine rings is 1. The van der Waals surface area contributed by atoms with Gasteiger partial charge in [-0.05, 0) is 49.1 Å². The number of aromatic nitrogens is 3. The number of nitrogens with zero attached hydrogens (tertiary/aromatic N) is 5. The normalized spacial score (nSPS) is 19.0. The Balaban J connectivity index is 1.38. The zero-order chi connectivity index (χ0) is 39.5. The summed E-state index contributed by atoms with van der Waals surface area (Å²) >= 11 is 0.615. The van der Waals surface area contributed by atoms with Gasteiger partial charge in [-0.15, -0.1) is 11.3 Å². The summed E-state index contributed by atoms with van der Waals surface area (Å²) in [7, 11) is 0. The molecule has 0 amide bonds. The van der Waals surface area contributed by atoms with Crippen molar-refractivity contribution >= 4 is 49.0 Å². The zero-order valence-corrected chi connectivity index (χ0v) is 30.1. The molecule has 5 heterocycles. The summed E-state index contributed by atoms with van der Waals surface area (Å²) in [5, 5.41) is 23.5. The highest BCUT2D eigenvalue weighted by atomic mass is 32.1. The molecule has 2 saturated heterocycles. The van der Waals surface area contributed by atoms with Gasteiger partial charge in [-0.25, -0.2) is 18.2 Å². The van der Waals surface area contributed by atoms with E-state index in [1.165, 1.54) is 6.20 Å². The number of aromatic hydroxyl groups is 1. The van der Waals surface area contributed by atoms with E-state index in [0.29, 0.717) is 29.9 Å². The summed E-state index contributed by atoms with van der Waals surface area (Å²) in [6.45, 7) is 0.734. The fraction of sp³-hybridized carbons (Fsp3) is 0.282. The van der Waals surface area contributed by atoms with Crippen LogP contribution >= 0.6 is 11.3 Å². The summed E-state index contributed by atoms with van der Waals surface area (Å²) in [6, 6.07) is 14.5. The second-order valence-electron chi connectivity index (χ2n) is 14.0. The standard InChI is InChI=1S/C39H32F6N8O2S/c40-20-15-38(11-5-13-53(38)17-20)18-55-37-51-31-28(36(52-37)50-25(14-19-6-2-1-3-7-19)21-8-4-12-49-34(21)47)32(54)29(39(43,44)45)27(30(31)42)22-9-10-24(41)33-26(22)23(16-46)35(48)56-33/h1-4,6-10,12,20,25,54H,5,11,13-15,17-18,48H2,(H2,47,49)(H,50,51,52)/t20-,25-,38+/m1/s1. The average Bonchev–Trinajstić information content (AvgIpc) is 3.81. The van der Waals surface area contributed by atoms with E-state index >= 15 is 22.0 Å². The maximum Gasteiger partial charge on any atom is 0.420 e. The van der Waals surface area contributed by atoms with Crippen LogP contribution in [0.15, 0.2) is 60.8 Å². The van der Waals surface area contributed by atoms with Crippen LogP contribution in [0.3, 0.4) is 0 Å². The number of hydrogen-bond acceptors (Lipinski definition) is 11. The molecule has 3 atom stereocenters. The molecule has 0 spiro atoms. The fourth-order valence-electron chi connectivity index (χ4n) is 8.13. The number of phenolic OH excluding ortho intramolecular Hbond substituents is 1. The number of nitrogen functional groups attached to an aromatic ring is 2. The van der Waals surface area contributed by atoms with E-state index in [-0.39, 0.29) is 52.5 Å². The first-order valence-corrected chi connectivity index (χ1v) is 18.4. The van der Waals surface area contributed by atoms with Crippen LogP contribution in [0.5, 0.6) is 11.8 Å². The first kappa shape index (κ1) is 37.1. The first-order valence-electron chi connectivity index (χ1n) is 17.6. The predicted octanol–water partition coefficient (Wildman–Crippen LogP) is 8.30. The van der Waals surface area contributed by atoms with Crippen LogP contribution in [0.4, 0.5) is 43.0 Å². The topological polar surface area (TPSA) is 159 Å². The molecule has 0 saturated carbocycles. The minimum absolute atomic E-state index is 0.0931. The molecule has 2 aliphatic heterocycles. The van der Waals surface area contributed by atoms with E-state index in [2.05, 4.69) is 20.3 Å². The van der Waals surface area contributed by atoms with Gasteiger partial charge in [0.05, 0.1) is 27.2 Å². The molecular formula is C39H32F6N8O2S. The number of rotatable bonds is 9.